The summed E-state index contributed by atoms with van der Waals surface area (Å²) in [4.78, 5) is 16.6. The number of ether oxygens (including phenoxy) is 1. The lowest BCUT2D eigenvalue weighted by atomic mass is 10.3. The summed E-state index contributed by atoms with van der Waals surface area (Å²) in [5.74, 6) is 0.0363. The van der Waals surface area contributed by atoms with E-state index in [0.29, 0.717) is 10.2 Å². The zero-order valence-corrected chi connectivity index (χ0v) is 12.7. The molecule has 0 unspecified atom stereocenters. The van der Waals surface area contributed by atoms with Gasteiger partial charge in [-0.3, -0.25) is 9.69 Å². The Labute approximate surface area is 121 Å². The van der Waals surface area contributed by atoms with Crippen LogP contribution >= 0.6 is 15.9 Å². The van der Waals surface area contributed by atoms with Crippen molar-refractivity contribution >= 4 is 21.8 Å². The van der Waals surface area contributed by atoms with Gasteiger partial charge in [0.1, 0.15) is 0 Å². The summed E-state index contributed by atoms with van der Waals surface area (Å²) in [6, 6.07) is 1.71. The minimum Gasteiger partial charge on any atom is -0.457 e. The molecule has 1 amide bonds. The van der Waals surface area contributed by atoms with Crippen LogP contribution in [0.4, 0.5) is 0 Å². The normalized spacial score (nSPS) is 17.5. The lowest BCUT2D eigenvalue weighted by molar-refractivity contribution is 0.0757. The standard InChI is InChI=1S/C13H19BrN2O3/c1-18-10-8-15-4-2-5-16(7-6-15)13(17)11-3-9-19-12(11)14/h3,9H,2,4-8,10H2,1H3. The van der Waals surface area contributed by atoms with Crippen molar-refractivity contribution < 1.29 is 13.9 Å². The molecule has 1 saturated heterocycles. The number of nitrogens with zero attached hydrogens (tertiary/aromatic N) is 2. The summed E-state index contributed by atoms with van der Waals surface area (Å²) in [5.41, 5.74) is 0.602. The van der Waals surface area contributed by atoms with Crippen LogP contribution < -0.4 is 0 Å². The van der Waals surface area contributed by atoms with Crippen LogP contribution in [0.1, 0.15) is 16.8 Å². The number of carbonyl (C=O) groups excluding carboxylic acids is 1. The number of hydrogen-bond acceptors (Lipinski definition) is 4. The van der Waals surface area contributed by atoms with E-state index in [9.17, 15) is 4.79 Å². The summed E-state index contributed by atoms with van der Waals surface area (Å²) >= 11 is 3.26. The van der Waals surface area contributed by atoms with Crippen molar-refractivity contribution in [3.8, 4) is 0 Å². The molecule has 0 spiro atoms. The van der Waals surface area contributed by atoms with E-state index >= 15 is 0 Å². The molecule has 1 aromatic rings. The molecule has 0 aliphatic carbocycles. The highest BCUT2D eigenvalue weighted by molar-refractivity contribution is 9.10. The quantitative estimate of drug-likeness (QED) is 0.845. The van der Waals surface area contributed by atoms with Gasteiger partial charge >= 0.3 is 0 Å². The summed E-state index contributed by atoms with van der Waals surface area (Å²) in [6.45, 7) is 5.11. The molecule has 6 heteroatoms. The number of furan rings is 1. The molecule has 1 fully saturated rings. The van der Waals surface area contributed by atoms with Crippen molar-refractivity contribution in [1.29, 1.82) is 0 Å². The number of halogens is 1. The molecule has 0 N–H and O–H groups in total. The zero-order valence-electron chi connectivity index (χ0n) is 11.1. The van der Waals surface area contributed by atoms with Gasteiger partial charge in [0.25, 0.3) is 5.91 Å². The fraction of sp³-hybridized carbons (Fsp3) is 0.615. The Morgan fingerprint density at radius 3 is 2.95 bits per heavy atom. The SMILES string of the molecule is COCCN1CCCN(C(=O)c2ccoc2Br)CC1. The van der Waals surface area contributed by atoms with Crippen LogP contribution in [0, 0.1) is 0 Å². The Kier molecular flexibility index (Phi) is 5.42. The van der Waals surface area contributed by atoms with Gasteiger partial charge in [0, 0.05) is 33.3 Å². The monoisotopic (exact) mass is 330 g/mol. The van der Waals surface area contributed by atoms with Crippen molar-refractivity contribution in [2.75, 3.05) is 46.4 Å². The molecule has 0 atom stereocenters. The molecule has 0 bridgehead atoms. The van der Waals surface area contributed by atoms with Gasteiger partial charge in [0.05, 0.1) is 18.4 Å². The maximum absolute atomic E-state index is 12.3. The molecule has 19 heavy (non-hydrogen) atoms. The van der Waals surface area contributed by atoms with E-state index in [1.165, 1.54) is 6.26 Å². The summed E-state index contributed by atoms with van der Waals surface area (Å²) in [5, 5.41) is 0. The lowest BCUT2D eigenvalue weighted by Gasteiger charge is -2.21. The van der Waals surface area contributed by atoms with E-state index in [4.69, 9.17) is 9.15 Å². The van der Waals surface area contributed by atoms with Crippen LogP contribution in [0.2, 0.25) is 0 Å². The first-order valence-electron chi connectivity index (χ1n) is 6.46. The maximum Gasteiger partial charge on any atom is 0.258 e. The molecule has 0 radical (unpaired) electrons. The molecule has 2 heterocycles. The van der Waals surface area contributed by atoms with E-state index < -0.39 is 0 Å². The Balaban J connectivity index is 1.92. The van der Waals surface area contributed by atoms with Crippen molar-refractivity contribution in [3.05, 3.63) is 22.6 Å². The highest BCUT2D eigenvalue weighted by Crippen LogP contribution is 2.20. The van der Waals surface area contributed by atoms with Gasteiger partial charge in [-0.05, 0) is 35.0 Å². The van der Waals surface area contributed by atoms with Crippen molar-refractivity contribution in [2.45, 2.75) is 6.42 Å². The van der Waals surface area contributed by atoms with Gasteiger partial charge < -0.3 is 14.1 Å². The lowest BCUT2D eigenvalue weighted by Crippen LogP contribution is -2.36. The first-order chi connectivity index (χ1) is 9.22. The molecular formula is C13H19BrN2O3. The Morgan fingerprint density at radius 2 is 2.26 bits per heavy atom. The molecule has 0 aromatic carbocycles. The van der Waals surface area contributed by atoms with Gasteiger partial charge in [-0.1, -0.05) is 0 Å². The van der Waals surface area contributed by atoms with Crippen LogP contribution in [0.5, 0.6) is 0 Å². The predicted molar refractivity (Wildman–Crippen MR) is 75.2 cm³/mol. The summed E-state index contributed by atoms with van der Waals surface area (Å²) in [6.07, 6.45) is 2.52. The van der Waals surface area contributed by atoms with E-state index in [1.807, 2.05) is 4.90 Å². The predicted octanol–water partition coefficient (Wildman–Crippen LogP) is 1.84. The summed E-state index contributed by atoms with van der Waals surface area (Å²) < 4.78 is 10.7. The van der Waals surface area contributed by atoms with E-state index in [-0.39, 0.29) is 5.91 Å². The van der Waals surface area contributed by atoms with Crippen LogP contribution in [-0.2, 0) is 4.74 Å². The fourth-order valence-corrected chi connectivity index (χ4v) is 2.64. The first kappa shape index (κ1) is 14.6. The molecule has 1 aliphatic heterocycles. The van der Waals surface area contributed by atoms with Gasteiger partial charge in [0.15, 0.2) is 4.67 Å². The number of methoxy groups -OCH3 is 1. The third-order valence-electron chi connectivity index (χ3n) is 3.34. The Bertz CT molecular complexity index is 422. The van der Waals surface area contributed by atoms with Crippen molar-refractivity contribution in [1.82, 2.24) is 9.80 Å². The Morgan fingerprint density at radius 1 is 1.42 bits per heavy atom. The second kappa shape index (κ2) is 7.07. The smallest absolute Gasteiger partial charge is 0.258 e. The van der Waals surface area contributed by atoms with E-state index in [1.54, 1.807) is 13.2 Å². The van der Waals surface area contributed by atoms with Crippen LogP contribution in [0.25, 0.3) is 0 Å². The average molecular weight is 331 g/mol. The third-order valence-corrected chi connectivity index (χ3v) is 3.95. The topological polar surface area (TPSA) is 45.9 Å². The van der Waals surface area contributed by atoms with Crippen LogP contribution in [0.3, 0.4) is 0 Å². The van der Waals surface area contributed by atoms with Crippen molar-refractivity contribution in [2.24, 2.45) is 0 Å². The van der Waals surface area contributed by atoms with E-state index in [0.717, 1.165) is 45.8 Å². The molecule has 0 saturated carbocycles. The van der Waals surface area contributed by atoms with Gasteiger partial charge in [0.2, 0.25) is 0 Å². The number of carbonyl (C=O) groups is 1. The van der Waals surface area contributed by atoms with Crippen LogP contribution in [0.15, 0.2) is 21.4 Å². The molecule has 106 valence electrons. The number of rotatable bonds is 4. The second-order valence-corrected chi connectivity index (χ2v) is 5.31. The molecule has 1 aliphatic rings. The van der Waals surface area contributed by atoms with E-state index in [2.05, 4.69) is 20.8 Å². The van der Waals surface area contributed by atoms with Gasteiger partial charge in [-0.25, -0.2) is 0 Å². The zero-order chi connectivity index (χ0) is 13.7. The number of amides is 1. The molecular weight excluding hydrogens is 312 g/mol. The van der Waals surface area contributed by atoms with Gasteiger partial charge in [-0.2, -0.15) is 0 Å². The van der Waals surface area contributed by atoms with Crippen LogP contribution in [-0.4, -0.2) is 62.1 Å². The minimum absolute atomic E-state index is 0.0363. The highest BCUT2D eigenvalue weighted by atomic mass is 79.9. The minimum atomic E-state index is 0.0363. The van der Waals surface area contributed by atoms with Gasteiger partial charge in [-0.15, -0.1) is 0 Å². The Hall–Kier alpha value is -0.850. The average Bonchev–Trinajstić information content (AvgIpc) is 2.71. The molecule has 2 rings (SSSR count). The largest absolute Gasteiger partial charge is 0.457 e. The fourth-order valence-electron chi connectivity index (χ4n) is 2.23. The maximum atomic E-state index is 12.3. The summed E-state index contributed by atoms with van der Waals surface area (Å²) in [7, 11) is 1.71. The molecule has 5 nitrogen and oxygen atoms in total. The second-order valence-electron chi connectivity index (χ2n) is 4.59. The third kappa shape index (κ3) is 3.81. The molecule has 1 aromatic heterocycles. The highest BCUT2D eigenvalue weighted by Gasteiger charge is 2.22. The first-order valence-corrected chi connectivity index (χ1v) is 7.25. The van der Waals surface area contributed by atoms with Crippen molar-refractivity contribution in [3.63, 3.8) is 0 Å². The number of hydrogen-bond donors (Lipinski definition) is 0.